The highest BCUT2D eigenvalue weighted by atomic mass is 16.1. The van der Waals surface area contributed by atoms with E-state index in [1.807, 2.05) is 6.08 Å². The van der Waals surface area contributed by atoms with Gasteiger partial charge in [-0.2, -0.15) is 0 Å². The summed E-state index contributed by atoms with van der Waals surface area (Å²) in [6.45, 7) is 3.74. The van der Waals surface area contributed by atoms with Crippen LogP contribution >= 0.6 is 0 Å². The highest BCUT2D eigenvalue weighted by Gasteiger charge is 2.33. The molecule has 2 unspecified atom stereocenters. The molecule has 2 saturated heterocycles. The van der Waals surface area contributed by atoms with Gasteiger partial charge in [-0.25, -0.2) is 0 Å². The predicted molar refractivity (Wildman–Crippen MR) is 80.2 cm³/mol. The number of piperidine rings is 2. The summed E-state index contributed by atoms with van der Waals surface area (Å²) >= 11 is 0. The molecule has 2 fully saturated rings. The van der Waals surface area contributed by atoms with Gasteiger partial charge in [-0.05, 0) is 44.9 Å². The molecule has 2 bridgehead atoms. The third-order valence-corrected chi connectivity index (χ3v) is 4.75. The fourth-order valence-corrected chi connectivity index (χ4v) is 3.67. The minimum atomic E-state index is 0.365. The molecule has 0 aliphatic carbocycles. The van der Waals surface area contributed by atoms with Crippen LogP contribution in [0.4, 0.5) is 0 Å². The van der Waals surface area contributed by atoms with Crippen molar-refractivity contribution in [3.8, 4) is 0 Å². The zero-order valence-corrected chi connectivity index (χ0v) is 12.2. The molecule has 0 aromatic rings. The normalized spacial score (nSPS) is 30.0. The van der Waals surface area contributed by atoms with Crippen LogP contribution in [0.5, 0.6) is 0 Å². The van der Waals surface area contributed by atoms with E-state index in [1.54, 1.807) is 0 Å². The molecule has 2 atom stereocenters. The SMILES string of the molecule is C=CCCCCCCC(=O)C1CC2CCCC(C1)N2. The van der Waals surface area contributed by atoms with Crippen LogP contribution in [0.15, 0.2) is 12.7 Å². The number of hydrogen-bond acceptors (Lipinski definition) is 2. The number of hydrogen-bond donors (Lipinski definition) is 1. The molecule has 2 heterocycles. The van der Waals surface area contributed by atoms with E-state index in [1.165, 1.54) is 38.5 Å². The fourth-order valence-electron chi connectivity index (χ4n) is 3.67. The Morgan fingerprint density at radius 3 is 2.47 bits per heavy atom. The second-order valence-corrected chi connectivity index (χ2v) is 6.37. The van der Waals surface area contributed by atoms with Gasteiger partial charge >= 0.3 is 0 Å². The Morgan fingerprint density at radius 1 is 1.11 bits per heavy atom. The standard InChI is InChI=1S/C17H29NO/c1-2-3-4-5-6-7-11-17(19)14-12-15-9-8-10-16(13-14)18-15/h2,14-16,18H,1,3-13H2. The maximum Gasteiger partial charge on any atom is 0.136 e. The van der Waals surface area contributed by atoms with Gasteiger partial charge < -0.3 is 5.32 Å². The van der Waals surface area contributed by atoms with E-state index in [-0.39, 0.29) is 0 Å². The van der Waals surface area contributed by atoms with Crippen LogP contribution in [0.1, 0.15) is 70.6 Å². The smallest absolute Gasteiger partial charge is 0.136 e. The summed E-state index contributed by atoms with van der Waals surface area (Å²) in [4.78, 5) is 12.3. The van der Waals surface area contributed by atoms with Crippen LogP contribution in [-0.4, -0.2) is 17.9 Å². The molecule has 108 valence electrons. The first-order valence-corrected chi connectivity index (χ1v) is 8.19. The third-order valence-electron chi connectivity index (χ3n) is 4.75. The quantitative estimate of drug-likeness (QED) is 0.529. The summed E-state index contributed by atoms with van der Waals surface area (Å²) in [6.07, 6.45) is 14.8. The molecule has 2 nitrogen and oxygen atoms in total. The molecule has 2 heteroatoms. The first kappa shape index (κ1) is 14.8. The Labute approximate surface area is 118 Å². The molecule has 2 aliphatic rings. The van der Waals surface area contributed by atoms with Crippen molar-refractivity contribution < 1.29 is 4.79 Å². The van der Waals surface area contributed by atoms with Crippen LogP contribution in [0.25, 0.3) is 0 Å². The van der Waals surface area contributed by atoms with E-state index >= 15 is 0 Å². The van der Waals surface area contributed by atoms with Gasteiger partial charge in [0.25, 0.3) is 0 Å². The van der Waals surface area contributed by atoms with Gasteiger partial charge in [-0.3, -0.25) is 4.79 Å². The number of nitrogens with one attached hydrogen (secondary N) is 1. The lowest BCUT2D eigenvalue weighted by molar-refractivity contribution is -0.124. The number of carbonyl (C=O) groups excluding carboxylic acids is 1. The van der Waals surface area contributed by atoms with Crippen LogP contribution in [0.3, 0.4) is 0 Å². The van der Waals surface area contributed by atoms with Gasteiger partial charge in [0.1, 0.15) is 5.78 Å². The van der Waals surface area contributed by atoms with E-state index in [4.69, 9.17) is 0 Å². The molecule has 0 radical (unpaired) electrons. The first-order chi connectivity index (χ1) is 9.29. The number of carbonyl (C=O) groups is 1. The van der Waals surface area contributed by atoms with E-state index in [2.05, 4.69) is 11.9 Å². The fraction of sp³-hybridized carbons (Fsp3) is 0.824. The van der Waals surface area contributed by atoms with Gasteiger partial charge in [-0.15, -0.1) is 6.58 Å². The van der Waals surface area contributed by atoms with Gasteiger partial charge in [0.2, 0.25) is 0 Å². The molecule has 19 heavy (non-hydrogen) atoms. The van der Waals surface area contributed by atoms with Crippen molar-refractivity contribution in [3.05, 3.63) is 12.7 Å². The van der Waals surface area contributed by atoms with Crippen molar-refractivity contribution in [1.82, 2.24) is 5.32 Å². The Morgan fingerprint density at radius 2 is 1.79 bits per heavy atom. The third kappa shape index (κ3) is 4.76. The average molecular weight is 263 g/mol. The summed E-state index contributed by atoms with van der Waals surface area (Å²) in [5, 5.41) is 3.67. The lowest BCUT2D eigenvalue weighted by atomic mass is 9.77. The number of unbranched alkanes of at least 4 members (excludes halogenated alkanes) is 4. The minimum Gasteiger partial charge on any atom is -0.311 e. The lowest BCUT2D eigenvalue weighted by Gasteiger charge is -2.39. The van der Waals surface area contributed by atoms with Crippen LogP contribution in [-0.2, 0) is 4.79 Å². The number of ketones is 1. The minimum absolute atomic E-state index is 0.365. The molecule has 1 N–H and O–H groups in total. The van der Waals surface area contributed by atoms with E-state index in [9.17, 15) is 4.79 Å². The zero-order chi connectivity index (χ0) is 13.5. The highest BCUT2D eigenvalue weighted by Crippen LogP contribution is 2.31. The molecule has 2 aliphatic heterocycles. The number of rotatable bonds is 8. The molecule has 2 rings (SSSR count). The molecule has 0 spiro atoms. The predicted octanol–water partition coefficient (Wildman–Crippen LogP) is 4.00. The number of allylic oxidation sites excluding steroid dienone is 1. The summed E-state index contributed by atoms with van der Waals surface area (Å²) < 4.78 is 0. The van der Waals surface area contributed by atoms with Crippen molar-refractivity contribution >= 4 is 5.78 Å². The number of fused-ring (bicyclic) bond motifs is 2. The largest absolute Gasteiger partial charge is 0.311 e. The van der Waals surface area contributed by atoms with Gasteiger partial charge in [-0.1, -0.05) is 25.3 Å². The van der Waals surface area contributed by atoms with Crippen molar-refractivity contribution in [1.29, 1.82) is 0 Å². The summed E-state index contributed by atoms with van der Waals surface area (Å²) in [5.41, 5.74) is 0. The molecule has 0 amide bonds. The maximum atomic E-state index is 12.3. The number of Topliss-reactive ketones (excluding diaryl/α,β-unsaturated/α-hetero) is 1. The molecular formula is C17H29NO. The van der Waals surface area contributed by atoms with Crippen LogP contribution in [0.2, 0.25) is 0 Å². The molecule has 0 aromatic heterocycles. The first-order valence-electron chi connectivity index (χ1n) is 8.19. The summed E-state index contributed by atoms with van der Waals surface area (Å²) in [7, 11) is 0. The Bertz CT molecular complexity index is 288. The highest BCUT2D eigenvalue weighted by molar-refractivity contribution is 5.81. The summed E-state index contributed by atoms with van der Waals surface area (Å²) in [6, 6.07) is 1.27. The van der Waals surface area contributed by atoms with Crippen molar-refractivity contribution in [3.63, 3.8) is 0 Å². The Hall–Kier alpha value is -0.630. The van der Waals surface area contributed by atoms with Crippen LogP contribution < -0.4 is 5.32 Å². The maximum absolute atomic E-state index is 12.3. The molecule has 0 aromatic carbocycles. The topological polar surface area (TPSA) is 29.1 Å². The monoisotopic (exact) mass is 263 g/mol. The van der Waals surface area contributed by atoms with Gasteiger partial charge in [0.05, 0.1) is 0 Å². The van der Waals surface area contributed by atoms with E-state index in [0.29, 0.717) is 23.8 Å². The zero-order valence-electron chi connectivity index (χ0n) is 12.2. The van der Waals surface area contributed by atoms with E-state index in [0.717, 1.165) is 32.1 Å². The second kappa shape index (κ2) is 7.84. The van der Waals surface area contributed by atoms with Crippen molar-refractivity contribution in [2.24, 2.45) is 5.92 Å². The Balaban J connectivity index is 1.61. The van der Waals surface area contributed by atoms with Gasteiger partial charge in [0, 0.05) is 24.4 Å². The lowest BCUT2D eigenvalue weighted by Crippen LogP contribution is -2.50. The Kier molecular flexibility index (Phi) is 6.09. The molecule has 0 saturated carbocycles. The second-order valence-electron chi connectivity index (χ2n) is 6.37. The van der Waals surface area contributed by atoms with E-state index < -0.39 is 0 Å². The van der Waals surface area contributed by atoms with Crippen LogP contribution in [0, 0.1) is 5.92 Å². The molecular weight excluding hydrogens is 234 g/mol. The average Bonchev–Trinajstić information content (AvgIpc) is 2.42. The summed E-state index contributed by atoms with van der Waals surface area (Å²) in [5.74, 6) is 0.909. The van der Waals surface area contributed by atoms with Crippen molar-refractivity contribution in [2.45, 2.75) is 82.7 Å². The van der Waals surface area contributed by atoms with Crippen molar-refractivity contribution in [2.75, 3.05) is 0 Å². The van der Waals surface area contributed by atoms with Gasteiger partial charge in [0.15, 0.2) is 0 Å².